The molecule has 7 heteroatoms. The van der Waals surface area contributed by atoms with Crippen molar-refractivity contribution in [1.29, 1.82) is 0 Å². The van der Waals surface area contributed by atoms with Crippen molar-refractivity contribution < 1.29 is 14.7 Å². The summed E-state index contributed by atoms with van der Waals surface area (Å²) in [6.45, 7) is 3.80. The summed E-state index contributed by atoms with van der Waals surface area (Å²) < 4.78 is 1.70. The Kier molecular flexibility index (Phi) is 4.46. The Hall–Kier alpha value is -3.22. The molecule has 3 aromatic rings. The van der Waals surface area contributed by atoms with Crippen LogP contribution in [0.4, 0.5) is 0 Å². The van der Waals surface area contributed by atoms with Gasteiger partial charge in [-0.15, -0.1) is 0 Å². The van der Waals surface area contributed by atoms with Crippen molar-refractivity contribution in [2.45, 2.75) is 20.3 Å². The minimum absolute atomic E-state index is 0.0110. The molecule has 0 aliphatic carbocycles. The van der Waals surface area contributed by atoms with E-state index in [2.05, 4.69) is 10.1 Å². The fourth-order valence-corrected chi connectivity index (χ4v) is 2.89. The van der Waals surface area contributed by atoms with Crippen LogP contribution in [0.3, 0.4) is 0 Å². The molecule has 7 nitrogen and oxygen atoms in total. The van der Waals surface area contributed by atoms with E-state index in [0.29, 0.717) is 11.3 Å². The van der Waals surface area contributed by atoms with Crippen molar-refractivity contribution in [3.63, 3.8) is 0 Å². The standard InChI is InChI=1S/C19H20N4O3/c1-11-7-13(9-18(24)25)5-6-14(11)15-10-17-20-16(19(26)22(3)4)8-12(2)23(17)21-15/h5-8,10H,9H2,1-4H3,(H,24,25). The molecule has 0 aliphatic heterocycles. The average molecular weight is 352 g/mol. The zero-order chi connectivity index (χ0) is 19.0. The van der Waals surface area contributed by atoms with E-state index in [1.165, 1.54) is 4.90 Å². The SMILES string of the molecule is Cc1cc(CC(=O)O)ccc1-c1cc2nc(C(=O)N(C)C)cc(C)n2n1. The number of carbonyl (C=O) groups is 2. The molecule has 0 spiro atoms. The van der Waals surface area contributed by atoms with Gasteiger partial charge in [0.15, 0.2) is 5.65 Å². The lowest BCUT2D eigenvalue weighted by molar-refractivity contribution is -0.136. The lowest BCUT2D eigenvalue weighted by Gasteiger charge is -2.10. The molecule has 1 amide bonds. The first-order valence-corrected chi connectivity index (χ1v) is 8.17. The van der Waals surface area contributed by atoms with E-state index in [0.717, 1.165) is 28.1 Å². The van der Waals surface area contributed by atoms with Gasteiger partial charge >= 0.3 is 5.97 Å². The number of benzene rings is 1. The normalized spacial score (nSPS) is 10.9. The van der Waals surface area contributed by atoms with Crippen molar-refractivity contribution in [2.75, 3.05) is 14.1 Å². The second kappa shape index (κ2) is 6.59. The van der Waals surface area contributed by atoms with E-state index in [4.69, 9.17) is 5.11 Å². The largest absolute Gasteiger partial charge is 0.481 e. The molecule has 2 aromatic heterocycles. The zero-order valence-electron chi connectivity index (χ0n) is 15.1. The number of amides is 1. The minimum Gasteiger partial charge on any atom is -0.481 e. The molecule has 0 radical (unpaired) electrons. The summed E-state index contributed by atoms with van der Waals surface area (Å²) in [4.78, 5) is 29.0. The minimum atomic E-state index is -0.859. The predicted octanol–water partition coefficient (Wildman–Crippen LogP) is 2.34. The van der Waals surface area contributed by atoms with Gasteiger partial charge in [0, 0.05) is 31.4 Å². The second-order valence-electron chi connectivity index (χ2n) is 6.50. The number of hydrogen-bond donors (Lipinski definition) is 1. The average Bonchev–Trinajstić information content (AvgIpc) is 2.97. The molecule has 134 valence electrons. The van der Waals surface area contributed by atoms with E-state index >= 15 is 0 Å². The maximum Gasteiger partial charge on any atom is 0.307 e. The van der Waals surface area contributed by atoms with Crippen molar-refractivity contribution in [3.8, 4) is 11.3 Å². The summed E-state index contributed by atoms with van der Waals surface area (Å²) in [5, 5.41) is 13.5. The Morgan fingerprint density at radius 3 is 2.50 bits per heavy atom. The van der Waals surface area contributed by atoms with Crippen molar-refractivity contribution in [2.24, 2.45) is 0 Å². The summed E-state index contributed by atoms with van der Waals surface area (Å²) in [6.07, 6.45) is -0.0110. The fraction of sp³-hybridized carbons (Fsp3) is 0.263. The Labute approximate surface area is 150 Å². The number of carboxylic acid groups (broad SMARTS) is 1. The highest BCUT2D eigenvalue weighted by molar-refractivity contribution is 5.92. The smallest absolute Gasteiger partial charge is 0.307 e. The van der Waals surface area contributed by atoms with E-state index in [1.807, 2.05) is 32.0 Å². The molecule has 3 rings (SSSR count). The number of hydrogen-bond acceptors (Lipinski definition) is 4. The molecule has 26 heavy (non-hydrogen) atoms. The van der Waals surface area contributed by atoms with E-state index in [1.54, 1.807) is 30.7 Å². The van der Waals surface area contributed by atoms with Crippen molar-refractivity contribution in [3.05, 3.63) is 52.8 Å². The Morgan fingerprint density at radius 2 is 1.88 bits per heavy atom. The number of aliphatic carboxylic acids is 1. The first-order valence-electron chi connectivity index (χ1n) is 8.17. The van der Waals surface area contributed by atoms with Crippen LogP contribution in [-0.4, -0.2) is 50.6 Å². The number of rotatable bonds is 4. The van der Waals surface area contributed by atoms with Crippen LogP contribution in [0.1, 0.15) is 27.3 Å². The van der Waals surface area contributed by atoms with E-state index in [-0.39, 0.29) is 12.3 Å². The first-order chi connectivity index (χ1) is 12.3. The topological polar surface area (TPSA) is 87.8 Å². The van der Waals surface area contributed by atoms with E-state index < -0.39 is 5.97 Å². The third-order valence-corrected chi connectivity index (χ3v) is 4.15. The highest BCUT2D eigenvalue weighted by Crippen LogP contribution is 2.25. The number of fused-ring (bicyclic) bond motifs is 1. The number of carbonyl (C=O) groups excluding carboxylic acids is 1. The number of nitrogens with zero attached hydrogens (tertiary/aromatic N) is 4. The van der Waals surface area contributed by atoms with Gasteiger partial charge in [0.1, 0.15) is 5.69 Å². The van der Waals surface area contributed by atoms with Crippen molar-refractivity contribution >= 4 is 17.5 Å². The van der Waals surface area contributed by atoms with Gasteiger partial charge in [-0.25, -0.2) is 9.50 Å². The monoisotopic (exact) mass is 352 g/mol. The van der Waals surface area contributed by atoms with Gasteiger partial charge in [0.25, 0.3) is 5.91 Å². The third kappa shape index (κ3) is 3.28. The number of aryl methyl sites for hydroxylation is 2. The molecule has 0 atom stereocenters. The lowest BCUT2D eigenvalue weighted by atomic mass is 10.0. The molecule has 0 aliphatic rings. The molecule has 0 fully saturated rings. The maximum absolute atomic E-state index is 12.2. The summed E-state index contributed by atoms with van der Waals surface area (Å²) in [5.41, 5.74) is 5.11. The third-order valence-electron chi connectivity index (χ3n) is 4.15. The van der Waals surface area contributed by atoms with Crippen molar-refractivity contribution in [1.82, 2.24) is 19.5 Å². The molecule has 1 N–H and O–H groups in total. The molecule has 0 saturated carbocycles. The fourth-order valence-electron chi connectivity index (χ4n) is 2.89. The molecular weight excluding hydrogens is 332 g/mol. The summed E-state index contributed by atoms with van der Waals surface area (Å²) in [7, 11) is 3.38. The molecule has 0 unspecified atom stereocenters. The summed E-state index contributed by atoms with van der Waals surface area (Å²) >= 11 is 0. The van der Waals surface area contributed by atoms with Gasteiger partial charge in [-0.1, -0.05) is 18.2 Å². The molecule has 0 saturated heterocycles. The number of aromatic nitrogens is 3. The lowest BCUT2D eigenvalue weighted by Crippen LogP contribution is -2.23. The maximum atomic E-state index is 12.2. The van der Waals surface area contributed by atoms with Crippen LogP contribution in [0.2, 0.25) is 0 Å². The van der Waals surface area contributed by atoms with Crippen LogP contribution in [0.25, 0.3) is 16.9 Å². The zero-order valence-corrected chi connectivity index (χ0v) is 15.1. The summed E-state index contributed by atoms with van der Waals surface area (Å²) in [6, 6.07) is 9.07. The quantitative estimate of drug-likeness (QED) is 0.779. The van der Waals surface area contributed by atoms with Gasteiger partial charge in [0.05, 0.1) is 12.1 Å². The van der Waals surface area contributed by atoms with Gasteiger partial charge in [-0.3, -0.25) is 9.59 Å². The van der Waals surface area contributed by atoms with E-state index in [9.17, 15) is 9.59 Å². The molecule has 0 bridgehead atoms. The van der Waals surface area contributed by atoms with Gasteiger partial charge in [-0.05, 0) is 31.0 Å². The molecule has 2 heterocycles. The molecule has 1 aromatic carbocycles. The van der Waals surface area contributed by atoms with Crippen LogP contribution >= 0.6 is 0 Å². The highest BCUT2D eigenvalue weighted by Gasteiger charge is 2.15. The van der Waals surface area contributed by atoms with Gasteiger partial charge < -0.3 is 10.0 Å². The second-order valence-corrected chi connectivity index (χ2v) is 6.50. The Bertz CT molecular complexity index is 1020. The van der Waals surface area contributed by atoms with Crippen LogP contribution < -0.4 is 0 Å². The first kappa shape index (κ1) is 17.6. The molecular formula is C19H20N4O3. The van der Waals surface area contributed by atoms with Crippen LogP contribution in [0.15, 0.2) is 30.3 Å². The number of carboxylic acids is 1. The van der Waals surface area contributed by atoms with Crippen LogP contribution in [0.5, 0.6) is 0 Å². The summed E-state index contributed by atoms with van der Waals surface area (Å²) in [5.74, 6) is -1.02. The highest BCUT2D eigenvalue weighted by atomic mass is 16.4. The van der Waals surface area contributed by atoms with Crippen LogP contribution in [-0.2, 0) is 11.2 Å². The van der Waals surface area contributed by atoms with Gasteiger partial charge in [-0.2, -0.15) is 5.10 Å². The Morgan fingerprint density at radius 1 is 1.15 bits per heavy atom. The van der Waals surface area contributed by atoms with Crippen LogP contribution in [0, 0.1) is 13.8 Å². The Balaban J connectivity index is 2.05. The predicted molar refractivity (Wildman–Crippen MR) is 97.3 cm³/mol. The van der Waals surface area contributed by atoms with Gasteiger partial charge in [0.2, 0.25) is 0 Å².